The maximum Gasteiger partial charge on any atom is 0.271 e. The van der Waals surface area contributed by atoms with Crippen LogP contribution in [0, 0.1) is 0 Å². The Morgan fingerprint density at radius 2 is 2.10 bits per heavy atom. The van der Waals surface area contributed by atoms with Crippen molar-refractivity contribution in [1.29, 1.82) is 0 Å². The summed E-state index contributed by atoms with van der Waals surface area (Å²) < 4.78 is 1.79. The van der Waals surface area contributed by atoms with Gasteiger partial charge in [-0.1, -0.05) is 6.92 Å². The highest BCUT2D eigenvalue weighted by Gasteiger charge is 2.08. The Morgan fingerprint density at radius 3 is 2.71 bits per heavy atom. The van der Waals surface area contributed by atoms with Crippen molar-refractivity contribution in [1.82, 2.24) is 25.3 Å². The fourth-order valence-electron chi connectivity index (χ4n) is 1.84. The van der Waals surface area contributed by atoms with E-state index in [2.05, 4.69) is 32.9 Å². The second-order valence-corrected chi connectivity index (χ2v) is 4.68. The molecule has 0 saturated carbocycles. The molecule has 2 aromatic heterocycles. The molecule has 0 bridgehead atoms. The molecule has 0 fully saturated rings. The molecular weight excluding hydrogens is 268 g/mol. The van der Waals surface area contributed by atoms with Crippen LogP contribution in [0.2, 0.25) is 0 Å². The number of anilines is 1. The van der Waals surface area contributed by atoms with Crippen LogP contribution in [0.4, 0.5) is 5.82 Å². The SMILES string of the molecule is CCCNc1ccc(C(=O)NCCc2ccnn2C)nn1. The predicted molar refractivity (Wildman–Crippen MR) is 80.1 cm³/mol. The van der Waals surface area contributed by atoms with E-state index in [4.69, 9.17) is 0 Å². The summed E-state index contributed by atoms with van der Waals surface area (Å²) in [6, 6.07) is 5.36. The average Bonchev–Trinajstić information content (AvgIpc) is 2.91. The van der Waals surface area contributed by atoms with Gasteiger partial charge in [-0.3, -0.25) is 9.48 Å². The van der Waals surface area contributed by atoms with Gasteiger partial charge in [0.15, 0.2) is 5.69 Å². The number of nitrogens with one attached hydrogen (secondary N) is 2. The van der Waals surface area contributed by atoms with Crippen LogP contribution >= 0.6 is 0 Å². The Balaban J connectivity index is 1.81. The van der Waals surface area contributed by atoms with Crippen LogP contribution in [0.3, 0.4) is 0 Å². The molecule has 21 heavy (non-hydrogen) atoms. The summed E-state index contributed by atoms with van der Waals surface area (Å²) in [7, 11) is 1.88. The lowest BCUT2D eigenvalue weighted by molar-refractivity contribution is 0.0948. The molecule has 0 saturated heterocycles. The van der Waals surface area contributed by atoms with E-state index in [1.807, 2.05) is 13.1 Å². The van der Waals surface area contributed by atoms with Crippen LogP contribution in [-0.2, 0) is 13.5 Å². The summed E-state index contributed by atoms with van der Waals surface area (Å²) in [6.07, 6.45) is 3.48. The van der Waals surface area contributed by atoms with Gasteiger partial charge in [0.25, 0.3) is 5.91 Å². The zero-order chi connectivity index (χ0) is 15.1. The molecule has 0 unspecified atom stereocenters. The van der Waals surface area contributed by atoms with Gasteiger partial charge < -0.3 is 10.6 Å². The lowest BCUT2D eigenvalue weighted by atomic mass is 10.3. The zero-order valence-corrected chi connectivity index (χ0v) is 12.3. The van der Waals surface area contributed by atoms with Gasteiger partial charge in [0, 0.05) is 38.4 Å². The minimum atomic E-state index is -0.216. The first-order chi connectivity index (χ1) is 10.2. The molecule has 0 radical (unpaired) electrons. The molecule has 0 aliphatic rings. The molecule has 2 heterocycles. The van der Waals surface area contributed by atoms with E-state index in [1.54, 1.807) is 23.0 Å². The van der Waals surface area contributed by atoms with E-state index in [1.165, 1.54) is 0 Å². The normalized spacial score (nSPS) is 10.4. The molecule has 1 amide bonds. The Bertz CT molecular complexity index is 577. The molecule has 0 atom stereocenters. The summed E-state index contributed by atoms with van der Waals surface area (Å²) in [6.45, 7) is 3.45. The first-order valence-electron chi connectivity index (χ1n) is 7.03. The Labute approximate surface area is 123 Å². The van der Waals surface area contributed by atoms with Gasteiger partial charge >= 0.3 is 0 Å². The van der Waals surface area contributed by atoms with Gasteiger partial charge in [0.1, 0.15) is 5.82 Å². The number of carbonyl (C=O) groups excluding carboxylic acids is 1. The van der Waals surface area contributed by atoms with Gasteiger partial charge in [0.2, 0.25) is 0 Å². The number of hydrogen-bond acceptors (Lipinski definition) is 5. The second kappa shape index (κ2) is 7.37. The van der Waals surface area contributed by atoms with Crippen LogP contribution in [0.1, 0.15) is 29.5 Å². The number of rotatable bonds is 7. The second-order valence-electron chi connectivity index (χ2n) is 4.68. The fraction of sp³-hybridized carbons (Fsp3) is 0.429. The number of amides is 1. The summed E-state index contributed by atoms with van der Waals surface area (Å²) in [5.41, 5.74) is 1.39. The van der Waals surface area contributed by atoms with E-state index < -0.39 is 0 Å². The topological polar surface area (TPSA) is 84.7 Å². The highest BCUT2D eigenvalue weighted by atomic mass is 16.1. The van der Waals surface area contributed by atoms with E-state index in [0.29, 0.717) is 18.1 Å². The number of aryl methyl sites for hydroxylation is 1. The van der Waals surface area contributed by atoms with E-state index in [-0.39, 0.29) is 5.91 Å². The van der Waals surface area contributed by atoms with Crippen molar-refractivity contribution in [2.24, 2.45) is 7.05 Å². The standard InChI is InChI=1S/C14H20N6O/c1-3-8-15-13-5-4-12(18-19-13)14(21)16-9-6-11-7-10-17-20(11)2/h4-5,7,10H,3,6,8-9H2,1-2H3,(H,15,19)(H,16,21). The van der Waals surface area contributed by atoms with Crippen molar-refractivity contribution in [3.05, 3.63) is 35.8 Å². The maximum atomic E-state index is 11.9. The zero-order valence-electron chi connectivity index (χ0n) is 12.3. The van der Waals surface area contributed by atoms with Crippen molar-refractivity contribution < 1.29 is 4.79 Å². The van der Waals surface area contributed by atoms with Crippen molar-refractivity contribution in [3.8, 4) is 0 Å². The van der Waals surface area contributed by atoms with Crippen LogP contribution < -0.4 is 10.6 Å². The summed E-state index contributed by atoms with van der Waals surface area (Å²) in [5, 5.41) is 17.9. The van der Waals surface area contributed by atoms with E-state index in [9.17, 15) is 4.79 Å². The van der Waals surface area contributed by atoms with Crippen molar-refractivity contribution >= 4 is 11.7 Å². The Hall–Kier alpha value is -2.44. The third-order valence-corrected chi connectivity index (χ3v) is 3.04. The number of carbonyl (C=O) groups is 1. The molecule has 0 aliphatic heterocycles. The predicted octanol–water partition coefficient (Wildman–Crippen LogP) is 1.00. The van der Waals surface area contributed by atoms with Gasteiger partial charge in [-0.25, -0.2) is 0 Å². The third kappa shape index (κ3) is 4.27. The largest absolute Gasteiger partial charge is 0.369 e. The minimum Gasteiger partial charge on any atom is -0.369 e. The molecule has 2 aromatic rings. The third-order valence-electron chi connectivity index (χ3n) is 3.04. The smallest absolute Gasteiger partial charge is 0.271 e. The monoisotopic (exact) mass is 288 g/mol. The fourth-order valence-corrected chi connectivity index (χ4v) is 1.84. The van der Waals surface area contributed by atoms with Crippen LogP contribution in [-0.4, -0.2) is 39.0 Å². The molecule has 7 nitrogen and oxygen atoms in total. The average molecular weight is 288 g/mol. The molecule has 7 heteroatoms. The van der Waals surface area contributed by atoms with Crippen molar-refractivity contribution in [2.45, 2.75) is 19.8 Å². The summed E-state index contributed by atoms with van der Waals surface area (Å²) in [4.78, 5) is 11.9. The first kappa shape index (κ1) is 15.0. The van der Waals surface area contributed by atoms with Gasteiger partial charge in [-0.15, -0.1) is 10.2 Å². The van der Waals surface area contributed by atoms with Crippen molar-refractivity contribution in [2.75, 3.05) is 18.4 Å². The quantitative estimate of drug-likeness (QED) is 0.794. The molecule has 0 spiro atoms. The number of nitrogens with zero attached hydrogens (tertiary/aromatic N) is 4. The molecular formula is C14H20N6O. The summed E-state index contributed by atoms with van der Waals surface area (Å²) in [5.74, 6) is 0.468. The molecule has 112 valence electrons. The number of hydrogen-bond donors (Lipinski definition) is 2. The van der Waals surface area contributed by atoms with Crippen LogP contribution in [0.25, 0.3) is 0 Å². The van der Waals surface area contributed by atoms with Gasteiger partial charge in [-0.2, -0.15) is 5.10 Å². The molecule has 2 N–H and O–H groups in total. The Kier molecular flexibility index (Phi) is 5.25. The summed E-state index contributed by atoms with van der Waals surface area (Å²) >= 11 is 0. The molecule has 0 aliphatic carbocycles. The van der Waals surface area contributed by atoms with Gasteiger partial charge in [-0.05, 0) is 24.6 Å². The van der Waals surface area contributed by atoms with Crippen LogP contribution in [0.15, 0.2) is 24.4 Å². The maximum absolute atomic E-state index is 11.9. The Morgan fingerprint density at radius 1 is 1.24 bits per heavy atom. The van der Waals surface area contributed by atoms with Gasteiger partial charge in [0.05, 0.1) is 0 Å². The molecule has 2 rings (SSSR count). The highest BCUT2D eigenvalue weighted by Crippen LogP contribution is 2.02. The molecule has 0 aromatic carbocycles. The minimum absolute atomic E-state index is 0.216. The highest BCUT2D eigenvalue weighted by molar-refractivity contribution is 5.92. The lowest BCUT2D eigenvalue weighted by Crippen LogP contribution is -2.27. The van der Waals surface area contributed by atoms with E-state index in [0.717, 1.165) is 25.1 Å². The number of aromatic nitrogens is 4. The van der Waals surface area contributed by atoms with Crippen molar-refractivity contribution in [3.63, 3.8) is 0 Å². The van der Waals surface area contributed by atoms with Crippen LogP contribution in [0.5, 0.6) is 0 Å². The first-order valence-corrected chi connectivity index (χ1v) is 7.03. The lowest BCUT2D eigenvalue weighted by Gasteiger charge is -2.06. The van der Waals surface area contributed by atoms with E-state index >= 15 is 0 Å².